The van der Waals surface area contributed by atoms with Crippen LogP contribution in [0.5, 0.6) is 0 Å². The third-order valence-corrected chi connectivity index (χ3v) is 2.93. The van der Waals surface area contributed by atoms with E-state index in [1.54, 1.807) is 37.3 Å². The van der Waals surface area contributed by atoms with Crippen molar-refractivity contribution in [1.82, 2.24) is 0 Å². The van der Waals surface area contributed by atoms with Crippen LogP contribution in [0.4, 0.5) is 0 Å². The molecule has 0 amide bonds. The van der Waals surface area contributed by atoms with Crippen molar-refractivity contribution in [3.63, 3.8) is 0 Å². The second-order valence-electron chi connectivity index (χ2n) is 3.97. The van der Waals surface area contributed by atoms with Crippen molar-refractivity contribution in [1.29, 1.82) is 0 Å². The van der Waals surface area contributed by atoms with E-state index in [1.807, 2.05) is 0 Å². The predicted molar refractivity (Wildman–Crippen MR) is 68.7 cm³/mol. The molecule has 0 N–H and O–H groups in total. The second-order valence-corrected chi connectivity index (χ2v) is 3.97. The lowest BCUT2D eigenvalue weighted by Gasteiger charge is -2.03. The zero-order chi connectivity index (χ0) is 13.3. The van der Waals surface area contributed by atoms with Crippen LogP contribution in [0.25, 0.3) is 10.4 Å². The maximum atomic E-state index is 12.2. The summed E-state index contributed by atoms with van der Waals surface area (Å²) in [5, 5.41) is 0. The minimum atomic E-state index is -0.316. The molecule has 0 aliphatic heterocycles. The minimum absolute atomic E-state index is 0.0291. The van der Waals surface area contributed by atoms with Crippen LogP contribution < -0.4 is 0 Å². The number of nitrogens with zero attached hydrogens (tertiary/aromatic N) is 1. The number of benzene rings is 1. The van der Waals surface area contributed by atoms with Gasteiger partial charge in [-0.1, -0.05) is 30.3 Å². The number of hydrogen-bond acceptors (Lipinski definition) is 2. The monoisotopic (exact) mass is 237 g/mol. The van der Waals surface area contributed by atoms with E-state index in [4.69, 9.17) is 6.57 Å². The molecule has 0 radical (unpaired) electrons. The summed E-state index contributed by atoms with van der Waals surface area (Å²) in [5.41, 5.74) is 2.18. The molecule has 0 unspecified atom stereocenters. The predicted octanol–water partition coefficient (Wildman–Crippen LogP) is 3.05. The molecule has 0 bridgehead atoms. The SMILES string of the molecule is [C-]#[N+]/C(C(C)=O)=C1\C(=C\C)C(=O)c2ccccc21. The Morgan fingerprint density at radius 3 is 2.39 bits per heavy atom. The number of ketones is 2. The average molecular weight is 237 g/mol. The van der Waals surface area contributed by atoms with Gasteiger partial charge in [-0.2, -0.15) is 0 Å². The van der Waals surface area contributed by atoms with E-state index in [9.17, 15) is 9.59 Å². The van der Waals surface area contributed by atoms with Gasteiger partial charge in [0.1, 0.15) is 0 Å². The van der Waals surface area contributed by atoms with Gasteiger partial charge in [0.15, 0.2) is 11.6 Å². The van der Waals surface area contributed by atoms with Crippen LogP contribution in [0.3, 0.4) is 0 Å². The van der Waals surface area contributed by atoms with Crippen LogP contribution >= 0.6 is 0 Å². The van der Waals surface area contributed by atoms with Crippen molar-refractivity contribution in [3.05, 3.63) is 64.2 Å². The largest absolute Gasteiger partial charge is 0.308 e. The lowest BCUT2D eigenvalue weighted by Crippen LogP contribution is -1.99. The van der Waals surface area contributed by atoms with E-state index >= 15 is 0 Å². The van der Waals surface area contributed by atoms with Crippen molar-refractivity contribution >= 4 is 17.1 Å². The lowest BCUT2D eigenvalue weighted by atomic mass is 10.0. The zero-order valence-electron chi connectivity index (χ0n) is 10.2. The fourth-order valence-electron chi connectivity index (χ4n) is 2.14. The number of Topliss-reactive ketones (excluding diaryl/α,β-unsaturated/α-hetero) is 2. The standard InChI is InChI=1S/C15H11NO2/c1-4-10-13(14(16-3)9(2)17)11-7-5-6-8-12(11)15(10)18/h4-8H,1-2H3/b10-4-,14-13+. The maximum Gasteiger partial charge on any atom is 0.237 e. The van der Waals surface area contributed by atoms with Crippen molar-refractivity contribution in [2.75, 3.05) is 0 Å². The smallest absolute Gasteiger partial charge is 0.237 e. The summed E-state index contributed by atoms with van der Waals surface area (Å²) in [6.07, 6.45) is 1.66. The van der Waals surface area contributed by atoms with E-state index in [0.717, 1.165) is 0 Å². The molecule has 0 spiro atoms. The Morgan fingerprint density at radius 2 is 1.89 bits per heavy atom. The van der Waals surface area contributed by atoms with Gasteiger partial charge in [-0.05, 0) is 19.4 Å². The van der Waals surface area contributed by atoms with Gasteiger partial charge in [0.25, 0.3) is 0 Å². The molecule has 0 saturated heterocycles. The number of allylic oxidation sites excluding steroid dienone is 4. The Hall–Kier alpha value is -2.47. The molecule has 0 atom stereocenters. The fourth-order valence-corrected chi connectivity index (χ4v) is 2.14. The molecule has 1 aliphatic rings. The molecule has 0 aromatic heterocycles. The van der Waals surface area contributed by atoms with Gasteiger partial charge in [0.2, 0.25) is 5.70 Å². The van der Waals surface area contributed by atoms with Crippen molar-refractivity contribution in [2.45, 2.75) is 13.8 Å². The van der Waals surface area contributed by atoms with Crippen LogP contribution in [0.1, 0.15) is 29.8 Å². The molecule has 0 saturated carbocycles. The Labute approximate surface area is 105 Å². The van der Waals surface area contributed by atoms with Gasteiger partial charge >= 0.3 is 0 Å². The summed E-state index contributed by atoms with van der Waals surface area (Å²) in [6.45, 7) is 10.2. The summed E-state index contributed by atoms with van der Waals surface area (Å²) in [5.74, 6) is -0.436. The Morgan fingerprint density at radius 1 is 1.28 bits per heavy atom. The van der Waals surface area contributed by atoms with E-state index in [2.05, 4.69) is 4.85 Å². The summed E-state index contributed by atoms with van der Waals surface area (Å²) in [6, 6.07) is 7.06. The molecule has 1 aromatic rings. The summed E-state index contributed by atoms with van der Waals surface area (Å²) in [4.78, 5) is 27.0. The molecule has 3 heteroatoms. The van der Waals surface area contributed by atoms with E-state index in [0.29, 0.717) is 22.3 Å². The topological polar surface area (TPSA) is 38.5 Å². The first-order valence-electron chi connectivity index (χ1n) is 5.55. The third kappa shape index (κ3) is 1.59. The first-order valence-corrected chi connectivity index (χ1v) is 5.55. The number of carbonyl (C=O) groups excluding carboxylic acids is 2. The molecule has 2 rings (SSSR count). The molecule has 0 fully saturated rings. The second kappa shape index (κ2) is 4.42. The molecule has 88 valence electrons. The van der Waals surface area contributed by atoms with Gasteiger partial charge in [-0.15, -0.1) is 0 Å². The summed E-state index contributed by atoms with van der Waals surface area (Å²) < 4.78 is 0. The molecule has 0 heterocycles. The first kappa shape index (κ1) is 12.0. The van der Waals surface area contributed by atoms with Gasteiger partial charge in [0, 0.05) is 16.7 Å². The molecule has 18 heavy (non-hydrogen) atoms. The summed E-state index contributed by atoms with van der Waals surface area (Å²) >= 11 is 0. The van der Waals surface area contributed by atoms with Crippen molar-refractivity contribution < 1.29 is 9.59 Å². The third-order valence-electron chi connectivity index (χ3n) is 2.93. The van der Waals surface area contributed by atoms with Gasteiger partial charge in [-0.3, -0.25) is 4.79 Å². The van der Waals surface area contributed by atoms with Crippen LogP contribution in [-0.4, -0.2) is 11.6 Å². The molecule has 1 aromatic carbocycles. The maximum absolute atomic E-state index is 12.2. The Kier molecular flexibility index (Phi) is 2.95. The number of carbonyl (C=O) groups is 2. The van der Waals surface area contributed by atoms with Crippen LogP contribution in [0, 0.1) is 6.57 Å². The van der Waals surface area contributed by atoms with Crippen LogP contribution in [-0.2, 0) is 4.79 Å². The Bertz CT molecular complexity index is 657. The highest BCUT2D eigenvalue weighted by Crippen LogP contribution is 2.39. The molecule has 3 nitrogen and oxygen atoms in total. The van der Waals surface area contributed by atoms with Crippen molar-refractivity contribution in [2.24, 2.45) is 0 Å². The average Bonchev–Trinajstić information content (AvgIpc) is 2.64. The van der Waals surface area contributed by atoms with Gasteiger partial charge < -0.3 is 4.79 Å². The molecular weight excluding hydrogens is 226 g/mol. The Balaban J connectivity index is 2.87. The summed E-state index contributed by atoms with van der Waals surface area (Å²) in [7, 11) is 0. The minimum Gasteiger partial charge on any atom is -0.308 e. The molecular formula is C15H11NO2. The van der Waals surface area contributed by atoms with E-state index in [-0.39, 0.29) is 17.3 Å². The molecule has 1 aliphatic carbocycles. The quantitative estimate of drug-likeness (QED) is 0.556. The highest BCUT2D eigenvalue weighted by Gasteiger charge is 2.32. The van der Waals surface area contributed by atoms with Crippen LogP contribution in [0.15, 0.2) is 41.6 Å². The highest BCUT2D eigenvalue weighted by molar-refractivity contribution is 6.29. The zero-order valence-corrected chi connectivity index (χ0v) is 10.2. The van der Waals surface area contributed by atoms with E-state index < -0.39 is 0 Å². The van der Waals surface area contributed by atoms with Gasteiger partial charge in [-0.25, -0.2) is 4.85 Å². The fraction of sp³-hybridized carbons (Fsp3) is 0.133. The lowest BCUT2D eigenvalue weighted by molar-refractivity contribution is -0.113. The van der Waals surface area contributed by atoms with E-state index in [1.165, 1.54) is 6.92 Å². The number of hydrogen-bond donors (Lipinski definition) is 0. The van der Waals surface area contributed by atoms with Crippen LogP contribution in [0.2, 0.25) is 0 Å². The number of fused-ring (bicyclic) bond motifs is 1. The normalized spacial score (nSPS) is 18.5. The number of rotatable bonds is 1. The highest BCUT2D eigenvalue weighted by atomic mass is 16.1. The van der Waals surface area contributed by atoms with Crippen molar-refractivity contribution in [3.8, 4) is 0 Å². The van der Waals surface area contributed by atoms with Gasteiger partial charge in [0.05, 0.1) is 6.57 Å². The first-order chi connectivity index (χ1) is 8.61.